The Balaban J connectivity index is 1.54. The van der Waals surface area contributed by atoms with Gasteiger partial charge in [0.1, 0.15) is 12.3 Å². The van der Waals surface area contributed by atoms with Crippen LogP contribution in [0, 0.1) is 0 Å². The monoisotopic (exact) mass is 323 g/mol. The van der Waals surface area contributed by atoms with Crippen molar-refractivity contribution in [3.05, 3.63) is 24.2 Å². The Morgan fingerprint density at radius 3 is 2.82 bits per heavy atom. The number of carbonyl (C=O) groups excluding carboxylic acids is 2. The maximum absolute atomic E-state index is 12.1. The van der Waals surface area contributed by atoms with Crippen LogP contribution in [0.2, 0.25) is 0 Å². The quantitative estimate of drug-likeness (QED) is 0.863. The number of hydrogen-bond donors (Lipinski definition) is 1. The first kappa shape index (κ1) is 15.4. The van der Waals surface area contributed by atoms with E-state index in [4.69, 9.17) is 4.42 Å². The number of furan rings is 1. The Labute approximate surface area is 134 Å². The predicted octanol–water partition coefficient (Wildman–Crippen LogP) is 1.70. The Hall–Kier alpha value is -1.47. The van der Waals surface area contributed by atoms with Crippen LogP contribution in [0.3, 0.4) is 0 Å². The molecule has 22 heavy (non-hydrogen) atoms. The zero-order valence-corrected chi connectivity index (χ0v) is 13.3. The summed E-state index contributed by atoms with van der Waals surface area (Å²) >= 11 is 1.27. The zero-order valence-electron chi connectivity index (χ0n) is 12.5. The zero-order chi connectivity index (χ0) is 15.4. The van der Waals surface area contributed by atoms with Crippen molar-refractivity contribution in [2.24, 2.45) is 0 Å². The van der Waals surface area contributed by atoms with Crippen molar-refractivity contribution in [1.29, 1.82) is 0 Å². The molecule has 0 aliphatic carbocycles. The van der Waals surface area contributed by atoms with Gasteiger partial charge in [-0.1, -0.05) is 11.8 Å². The van der Waals surface area contributed by atoms with E-state index in [-0.39, 0.29) is 23.7 Å². The fraction of sp³-hybridized carbons (Fsp3) is 0.600. The topological polar surface area (TPSA) is 65.8 Å². The lowest BCUT2D eigenvalue weighted by Crippen LogP contribution is -2.41. The molecule has 0 aromatic carbocycles. The fourth-order valence-electron chi connectivity index (χ4n) is 2.95. The van der Waals surface area contributed by atoms with Gasteiger partial charge in [0.05, 0.1) is 12.3 Å². The van der Waals surface area contributed by atoms with Crippen molar-refractivity contribution in [1.82, 2.24) is 15.1 Å². The van der Waals surface area contributed by atoms with E-state index in [1.54, 1.807) is 11.2 Å². The number of nitrogens with zero attached hydrogens (tertiary/aromatic N) is 2. The summed E-state index contributed by atoms with van der Waals surface area (Å²) in [4.78, 5) is 27.5. The number of amides is 2. The first-order valence-corrected chi connectivity index (χ1v) is 8.68. The third-order valence-electron chi connectivity index (χ3n) is 4.13. The van der Waals surface area contributed by atoms with Gasteiger partial charge < -0.3 is 14.6 Å². The molecule has 3 heterocycles. The molecule has 1 aromatic rings. The molecule has 0 radical (unpaired) electrons. The Bertz CT molecular complexity index is 514. The second-order valence-corrected chi connectivity index (χ2v) is 6.66. The minimum Gasteiger partial charge on any atom is -0.468 e. The molecule has 1 atom stereocenters. The number of thioether (sulfide) groups is 1. The molecular weight excluding hydrogens is 302 g/mol. The van der Waals surface area contributed by atoms with Crippen molar-refractivity contribution >= 4 is 22.9 Å². The highest BCUT2D eigenvalue weighted by Crippen LogP contribution is 2.25. The number of carbonyl (C=O) groups is 2. The van der Waals surface area contributed by atoms with Gasteiger partial charge in [0.25, 0.3) is 5.24 Å². The molecule has 0 saturated carbocycles. The maximum atomic E-state index is 12.1. The van der Waals surface area contributed by atoms with Crippen molar-refractivity contribution in [3.8, 4) is 0 Å². The Morgan fingerprint density at radius 2 is 2.18 bits per heavy atom. The summed E-state index contributed by atoms with van der Waals surface area (Å²) in [5, 5.41) is 2.95. The largest absolute Gasteiger partial charge is 0.468 e. The van der Waals surface area contributed by atoms with Crippen molar-refractivity contribution in [2.75, 3.05) is 38.5 Å². The van der Waals surface area contributed by atoms with Gasteiger partial charge in [0.2, 0.25) is 5.91 Å². The minimum atomic E-state index is -0.105. The van der Waals surface area contributed by atoms with Gasteiger partial charge in [-0.25, -0.2) is 0 Å². The molecule has 120 valence electrons. The van der Waals surface area contributed by atoms with Crippen molar-refractivity contribution in [2.45, 2.75) is 18.9 Å². The number of rotatable bonds is 6. The smallest absolute Gasteiger partial charge is 0.282 e. The standard InChI is InChI=1S/C15H21N3O3S/c19-14(11-18-7-9-22-15(18)20)16-10-12(13-4-3-8-21-13)17-5-1-2-6-17/h3-4,8,12H,1-2,5-7,9-11H2,(H,16,19). The summed E-state index contributed by atoms with van der Waals surface area (Å²) in [6, 6.07) is 3.90. The molecule has 0 bridgehead atoms. The molecule has 0 spiro atoms. The summed E-state index contributed by atoms with van der Waals surface area (Å²) < 4.78 is 5.53. The Morgan fingerprint density at radius 1 is 1.36 bits per heavy atom. The van der Waals surface area contributed by atoms with Crippen LogP contribution in [0.25, 0.3) is 0 Å². The number of likely N-dealkylation sites (tertiary alicyclic amines) is 1. The van der Waals surface area contributed by atoms with E-state index >= 15 is 0 Å². The molecule has 2 fully saturated rings. The van der Waals surface area contributed by atoms with Crippen LogP contribution in [0.5, 0.6) is 0 Å². The van der Waals surface area contributed by atoms with E-state index in [0.717, 1.165) is 24.6 Å². The van der Waals surface area contributed by atoms with E-state index < -0.39 is 0 Å². The van der Waals surface area contributed by atoms with E-state index in [2.05, 4.69) is 10.2 Å². The molecular formula is C15H21N3O3S. The lowest BCUT2D eigenvalue weighted by molar-refractivity contribution is -0.121. The van der Waals surface area contributed by atoms with Gasteiger partial charge in [0.15, 0.2) is 0 Å². The molecule has 1 aromatic heterocycles. The molecule has 2 aliphatic heterocycles. The van der Waals surface area contributed by atoms with Crippen LogP contribution in [-0.4, -0.2) is 59.4 Å². The summed E-state index contributed by atoms with van der Waals surface area (Å²) in [5.74, 6) is 1.55. The summed E-state index contributed by atoms with van der Waals surface area (Å²) in [6.45, 7) is 3.38. The van der Waals surface area contributed by atoms with Crippen molar-refractivity contribution < 1.29 is 14.0 Å². The van der Waals surface area contributed by atoms with Crippen LogP contribution >= 0.6 is 11.8 Å². The van der Waals surface area contributed by atoms with E-state index in [0.29, 0.717) is 13.1 Å². The maximum Gasteiger partial charge on any atom is 0.282 e. The molecule has 1 N–H and O–H groups in total. The number of hydrogen-bond acceptors (Lipinski definition) is 5. The number of nitrogens with one attached hydrogen (secondary N) is 1. The average molecular weight is 323 g/mol. The summed E-state index contributed by atoms with van der Waals surface area (Å²) in [5.41, 5.74) is 0. The van der Waals surface area contributed by atoms with Gasteiger partial charge in [-0.2, -0.15) is 0 Å². The second kappa shape index (κ2) is 7.19. The van der Waals surface area contributed by atoms with Gasteiger partial charge in [0, 0.05) is 18.8 Å². The molecule has 2 saturated heterocycles. The van der Waals surface area contributed by atoms with Crippen LogP contribution in [0.1, 0.15) is 24.6 Å². The van der Waals surface area contributed by atoms with Crippen LogP contribution in [0.15, 0.2) is 22.8 Å². The third-order valence-corrected chi connectivity index (χ3v) is 5.02. The van der Waals surface area contributed by atoms with Gasteiger partial charge in [-0.05, 0) is 38.1 Å². The van der Waals surface area contributed by atoms with Crippen molar-refractivity contribution in [3.63, 3.8) is 0 Å². The third kappa shape index (κ3) is 3.64. The predicted molar refractivity (Wildman–Crippen MR) is 84.7 cm³/mol. The Kier molecular flexibility index (Phi) is 5.04. The highest BCUT2D eigenvalue weighted by molar-refractivity contribution is 8.13. The van der Waals surface area contributed by atoms with E-state index in [1.807, 2.05) is 12.1 Å². The molecule has 3 rings (SSSR count). The first-order chi connectivity index (χ1) is 10.7. The molecule has 7 heteroatoms. The van der Waals surface area contributed by atoms with Gasteiger partial charge >= 0.3 is 0 Å². The normalized spacial score (nSPS) is 20.5. The minimum absolute atomic E-state index is 0.00252. The van der Waals surface area contributed by atoms with E-state index in [1.165, 1.54) is 24.6 Å². The van der Waals surface area contributed by atoms with Gasteiger partial charge in [-0.15, -0.1) is 0 Å². The van der Waals surface area contributed by atoms with Crippen LogP contribution in [-0.2, 0) is 4.79 Å². The average Bonchev–Trinajstić information content (AvgIpc) is 3.23. The lowest BCUT2D eigenvalue weighted by Gasteiger charge is -2.26. The summed E-state index contributed by atoms with van der Waals surface area (Å²) in [7, 11) is 0. The molecule has 2 aliphatic rings. The highest BCUT2D eigenvalue weighted by Gasteiger charge is 2.27. The van der Waals surface area contributed by atoms with Crippen LogP contribution in [0.4, 0.5) is 4.79 Å². The molecule has 6 nitrogen and oxygen atoms in total. The molecule has 1 unspecified atom stereocenters. The van der Waals surface area contributed by atoms with Crippen LogP contribution < -0.4 is 5.32 Å². The highest BCUT2D eigenvalue weighted by atomic mass is 32.2. The lowest BCUT2D eigenvalue weighted by atomic mass is 10.2. The van der Waals surface area contributed by atoms with E-state index in [9.17, 15) is 9.59 Å². The first-order valence-electron chi connectivity index (χ1n) is 7.70. The van der Waals surface area contributed by atoms with Gasteiger partial charge in [-0.3, -0.25) is 14.5 Å². The molecule has 2 amide bonds. The SMILES string of the molecule is O=C(CN1CCSC1=O)NCC(c1ccco1)N1CCCC1. The summed E-state index contributed by atoms with van der Waals surface area (Å²) in [6.07, 6.45) is 4.04. The fourth-order valence-corrected chi connectivity index (χ4v) is 3.78. The second-order valence-electron chi connectivity index (χ2n) is 5.61.